The summed E-state index contributed by atoms with van der Waals surface area (Å²) in [6, 6.07) is 12.1. The zero-order chi connectivity index (χ0) is 25.7. The van der Waals surface area contributed by atoms with E-state index in [9.17, 15) is 9.18 Å². The first-order valence-electron chi connectivity index (χ1n) is 13.4. The highest BCUT2D eigenvalue weighted by Crippen LogP contribution is 2.44. The predicted octanol–water partition coefficient (Wildman–Crippen LogP) is 5.91. The highest BCUT2D eigenvalue weighted by atomic mass is 19.1. The van der Waals surface area contributed by atoms with Gasteiger partial charge in [0.25, 0.3) is 0 Å². The van der Waals surface area contributed by atoms with Crippen LogP contribution in [0, 0.1) is 25.6 Å². The van der Waals surface area contributed by atoms with E-state index in [1.807, 2.05) is 6.07 Å². The highest BCUT2D eigenvalue weighted by Gasteiger charge is 2.46. The van der Waals surface area contributed by atoms with Crippen molar-refractivity contribution in [2.24, 2.45) is 5.92 Å². The van der Waals surface area contributed by atoms with Gasteiger partial charge in [-0.05, 0) is 92.3 Å². The second kappa shape index (κ2) is 9.60. The Morgan fingerprint density at radius 1 is 1.16 bits per heavy atom. The van der Waals surface area contributed by atoms with Gasteiger partial charge in [0.1, 0.15) is 5.82 Å². The van der Waals surface area contributed by atoms with Gasteiger partial charge in [-0.15, -0.1) is 0 Å². The predicted molar refractivity (Wildman–Crippen MR) is 140 cm³/mol. The molecule has 3 aromatic rings. The van der Waals surface area contributed by atoms with Crippen LogP contribution in [0.1, 0.15) is 66.0 Å². The fourth-order valence-electron chi connectivity index (χ4n) is 6.41. The Hall–Kier alpha value is -3.19. The number of aromatic amines is 1. The van der Waals surface area contributed by atoms with E-state index in [0.29, 0.717) is 24.6 Å². The third-order valence-corrected chi connectivity index (χ3v) is 8.37. The van der Waals surface area contributed by atoms with Crippen molar-refractivity contribution in [3.63, 3.8) is 0 Å². The van der Waals surface area contributed by atoms with Crippen LogP contribution in [0.3, 0.4) is 0 Å². The van der Waals surface area contributed by atoms with Gasteiger partial charge in [-0.25, -0.2) is 4.39 Å². The summed E-state index contributed by atoms with van der Waals surface area (Å²) in [6.45, 7) is 5.62. The van der Waals surface area contributed by atoms with Gasteiger partial charge in [0, 0.05) is 30.5 Å². The van der Waals surface area contributed by atoms with Crippen LogP contribution < -0.4 is 4.90 Å². The normalized spacial score (nSPS) is 22.7. The van der Waals surface area contributed by atoms with Crippen LogP contribution in [0.4, 0.5) is 10.1 Å². The number of carboxylic acid groups (broad SMARTS) is 1. The summed E-state index contributed by atoms with van der Waals surface area (Å²) in [5.41, 5.74) is 8.49. The number of aliphatic carboxylic acids is 1. The van der Waals surface area contributed by atoms with Crippen molar-refractivity contribution in [2.75, 3.05) is 11.4 Å². The summed E-state index contributed by atoms with van der Waals surface area (Å²) in [5, 5.41) is 16.6. The summed E-state index contributed by atoms with van der Waals surface area (Å²) in [5.74, 6) is -0.0231. The van der Waals surface area contributed by atoms with Crippen LogP contribution in [-0.2, 0) is 22.6 Å². The maximum atomic E-state index is 14.8. The summed E-state index contributed by atoms with van der Waals surface area (Å²) in [4.78, 5) is 13.0. The number of H-pyrrole nitrogens is 1. The fourth-order valence-corrected chi connectivity index (χ4v) is 6.41. The van der Waals surface area contributed by atoms with E-state index in [-0.39, 0.29) is 24.4 Å². The number of carbonyl (C=O) groups is 1. The van der Waals surface area contributed by atoms with E-state index in [1.165, 1.54) is 41.2 Å². The Morgan fingerprint density at radius 3 is 2.59 bits per heavy atom. The summed E-state index contributed by atoms with van der Waals surface area (Å²) >= 11 is 0. The van der Waals surface area contributed by atoms with Crippen LogP contribution in [0.25, 0.3) is 11.3 Å². The minimum atomic E-state index is -0.869. The zero-order valence-electron chi connectivity index (χ0n) is 21.5. The average Bonchev–Trinajstić information content (AvgIpc) is 3.29. The van der Waals surface area contributed by atoms with E-state index in [2.05, 4.69) is 47.1 Å². The molecule has 7 heteroatoms. The molecule has 3 aliphatic rings. The molecule has 2 heterocycles. The minimum absolute atomic E-state index is 0.00988. The SMILES string of the molecule is Cc1cc(C2CC2)cc(C)c1-c1cc(CO[C@@H]2C[C@@H]3C[C@H]2CN3c2ccc(CCC(=O)O)cc2F)[nH]n1. The lowest BCUT2D eigenvalue weighted by molar-refractivity contribution is -0.136. The first-order valence-corrected chi connectivity index (χ1v) is 13.4. The molecule has 1 saturated heterocycles. The van der Waals surface area contributed by atoms with Gasteiger partial charge in [-0.2, -0.15) is 5.10 Å². The second-order valence-corrected chi connectivity index (χ2v) is 11.1. The number of piperidine rings is 1. The number of fused-ring (bicyclic) bond motifs is 2. The van der Waals surface area contributed by atoms with Crippen molar-refractivity contribution in [1.82, 2.24) is 10.2 Å². The lowest BCUT2D eigenvalue weighted by Crippen LogP contribution is -2.39. The van der Waals surface area contributed by atoms with Crippen molar-refractivity contribution < 1.29 is 19.0 Å². The lowest BCUT2D eigenvalue weighted by Gasteiger charge is -2.33. The first kappa shape index (κ1) is 24.2. The maximum absolute atomic E-state index is 14.8. The molecule has 0 amide bonds. The number of rotatable bonds is 9. The largest absolute Gasteiger partial charge is 0.481 e. The number of carboxylic acids is 1. The molecule has 0 radical (unpaired) electrons. The summed E-state index contributed by atoms with van der Waals surface area (Å²) in [6.07, 6.45) is 5.01. The molecule has 3 atom stereocenters. The molecule has 2 bridgehead atoms. The summed E-state index contributed by atoms with van der Waals surface area (Å²) < 4.78 is 21.2. The monoisotopic (exact) mass is 503 g/mol. The number of nitrogens with zero attached hydrogens (tertiary/aromatic N) is 2. The third-order valence-electron chi connectivity index (χ3n) is 8.37. The molecule has 37 heavy (non-hydrogen) atoms. The van der Waals surface area contributed by atoms with Gasteiger partial charge >= 0.3 is 5.97 Å². The average molecular weight is 504 g/mol. The van der Waals surface area contributed by atoms with Gasteiger partial charge in [0.2, 0.25) is 0 Å². The van der Waals surface area contributed by atoms with Crippen molar-refractivity contribution >= 4 is 11.7 Å². The van der Waals surface area contributed by atoms with Gasteiger partial charge in [0.15, 0.2) is 0 Å². The number of halogens is 1. The van der Waals surface area contributed by atoms with E-state index in [4.69, 9.17) is 9.84 Å². The number of benzene rings is 2. The molecule has 0 unspecified atom stereocenters. The van der Waals surface area contributed by atoms with Crippen LogP contribution in [-0.4, -0.2) is 40.0 Å². The Bertz CT molecular complexity index is 1310. The second-order valence-electron chi connectivity index (χ2n) is 11.1. The van der Waals surface area contributed by atoms with E-state index in [0.717, 1.165) is 42.3 Å². The minimum Gasteiger partial charge on any atom is -0.481 e. The molecule has 1 aliphatic heterocycles. The molecule has 2 saturated carbocycles. The number of hydrogen-bond donors (Lipinski definition) is 2. The maximum Gasteiger partial charge on any atom is 0.303 e. The number of nitrogens with one attached hydrogen (secondary N) is 1. The van der Waals surface area contributed by atoms with Gasteiger partial charge < -0.3 is 14.7 Å². The molecular weight excluding hydrogens is 469 g/mol. The van der Waals surface area contributed by atoms with Gasteiger partial charge in [0.05, 0.1) is 29.8 Å². The van der Waals surface area contributed by atoms with Crippen molar-refractivity contribution in [3.05, 3.63) is 70.2 Å². The van der Waals surface area contributed by atoms with Crippen molar-refractivity contribution in [3.8, 4) is 11.3 Å². The Labute approximate surface area is 216 Å². The molecule has 3 fully saturated rings. The standard InChI is InChI=1S/C30H34FN3O3/c1-17-9-21(20-5-6-20)10-18(2)30(17)26-13-23(32-33-26)16-37-28-14-24-12-22(28)15-34(24)27-7-3-19(11-25(27)31)4-8-29(35)36/h3,7,9-11,13,20,22,24,28H,4-6,8,12,14-16H2,1-2H3,(H,32,33)(H,35,36)/t22-,24-,28+/m0/s1. The number of aromatic nitrogens is 2. The molecule has 1 aromatic heterocycles. The van der Waals surface area contributed by atoms with Crippen LogP contribution in [0.2, 0.25) is 0 Å². The van der Waals surface area contributed by atoms with Crippen LogP contribution in [0.15, 0.2) is 36.4 Å². The molecule has 2 aliphatic carbocycles. The first-order chi connectivity index (χ1) is 17.9. The van der Waals surface area contributed by atoms with E-state index >= 15 is 0 Å². The van der Waals surface area contributed by atoms with Crippen molar-refractivity contribution in [2.45, 2.75) is 77.0 Å². The number of hydrogen-bond acceptors (Lipinski definition) is 4. The number of anilines is 1. The quantitative estimate of drug-likeness (QED) is 0.380. The molecule has 6 nitrogen and oxygen atoms in total. The Balaban J connectivity index is 1.06. The van der Waals surface area contributed by atoms with Crippen molar-refractivity contribution in [1.29, 1.82) is 0 Å². The molecule has 0 spiro atoms. The summed E-state index contributed by atoms with van der Waals surface area (Å²) in [7, 11) is 0. The van der Waals surface area contributed by atoms with Gasteiger partial charge in [-0.1, -0.05) is 18.2 Å². The fraction of sp³-hybridized carbons (Fsp3) is 0.467. The molecule has 2 N–H and O–H groups in total. The van der Waals surface area contributed by atoms with Gasteiger partial charge in [-0.3, -0.25) is 9.89 Å². The lowest BCUT2D eigenvalue weighted by atomic mass is 9.95. The number of ether oxygens (including phenoxy) is 1. The molecular formula is C30H34FN3O3. The smallest absolute Gasteiger partial charge is 0.303 e. The topological polar surface area (TPSA) is 78.5 Å². The number of aryl methyl sites for hydroxylation is 3. The van der Waals surface area contributed by atoms with E-state index in [1.54, 1.807) is 6.07 Å². The molecule has 2 aromatic carbocycles. The molecule has 194 valence electrons. The van der Waals surface area contributed by atoms with Crippen LogP contribution >= 0.6 is 0 Å². The third kappa shape index (κ3) is 4.89. The Kier molecular flexibility index (Phi) is 6.27. The molecule has 6 rings (SSSR count). The highest BCUT2D eigenvalue weighted by molar-refractivity contribution is 5.69. The van der Waals surface area contributed by atoms with Crippen LogP contribution in [0.5, 0.6) is 0 Å². The Morgan fingerprint density at radius 2 is 1.95 bits per heavy atom. The zero-order valence-corrected chi connectivity index (χ0v) is 21.5. The van der Waals surface area contributed by atoms with E-state index < -0.39 is 5.97 Å².